The Kier molecular flexibility index (Phi) is 4.75. The minimum atomic E-state index is -1.00. The number of carbonyl (C=O) groups excluding carboxylic acids is 1. The number of nitrogens with one attached hydrogen (secondary N) is 1. The van der Waals surface area contributed by atoms with Gasteiger partial charge in [0, 0.05) is 11.8 Å². The van der Waals surface area contributed by atoms with Crippen molar-refractivity contribution >= 4 is 23.6 Å². The molecular weight excluding hydrogens is 270 g/mol. The van der Waals surface area contributed by atoms with Crippen molar-refractivity contribution in [2.75, 3.05) is 11.9 Å². The van der Waals surface area contributed by atoms with Crippen LogP contribution in [-0.2, 0) is 14.3 Å². The minimum Gasteiger partial charge on any atom is -0.478 e. The largest absolute Gasteiger partial charge is 0.478 e. The predicted octanol–water partition coefficient (Wildman–Crippen LogP) is 2.46. The third-order valence-corrected chi connectivity index (χ3v) is 3.35. The molecule has 0 spiro atoms. The third-order valence-electron chi connectivity index (χ3n) is 3.35. The topological polar surface area (TPSA) is 75.6 Å². The van der Waals surface area contributed by atoms with Gasteiger partial charge in [-0.15, -0.1) is 0 Å². The van der Waals surface area contributed by atoms with E-state index in [0.29, 0.717) is 12.3 Å². The van der Waals surface area contributed by atoms with Crippen molar-refractivity contribution in [1.82, 2.24) is 0 Å². The molecule has 0 bridgehead atoms. The van der Waals surface area contributed by atoms with E-state index in [9.17, 15) is 9.59 Å². The molecule has 1 amide bonds. The van der Waals surface area contributed by atoms with E-state index >= 15 is 0 Å². The number of hydrogen-bond acceptors (Lipinski definition) is 3. The molecule has 2 N–H and O–H groups in total. The minimum absolute atomic E-state index is 0.0573. The normalized spacial score (nSPS) is 21.6. The maximum atomic E-state index is 12.1. The van der Waals surface area contributed by atoms with Crippen LogP contribution in [0.4, 0.5) is 5.69 Å². The second-order valence-electron chi connectivity index (χ2n) is 5.37. The van der Waals surface area contributed by atoms with Crippen molar-refractivity contribution in [1.29, 1.82) is 0 Å². The van der Waals surface area contributed by atoms with Crippen LogP contribution in [0.1, 0.15) is 24.5 Å². The first kappa shape index (κ1) is 15.3. The number of ether oxygens (including phenoxy) is 1. The van der Waals surface area contributed by atoms with Crippen molar-refractivity contribution < 1.29 is 19.4 Å². The first-order valence-corrected chi connectivity index (χ1v) is 6.89. The van der Waals surface area contributed by atoms with Gasteiger partial charge in [0.1, 0.15) is 0 Å². The Hall–Kier alpha value is -2.14. The summed E-state index contributed by atoms with van der Waals surface area (Å²) < 4.78 is 5.40. The molecule has 2 atom stereocenters. The summed E-state index contributed by atoms with van der Waals surface area (Å²) in [5, 5.41) is 11.5. The standard InChI is InChI=1S/C16H19NO4/c1-10-5-12(3-4-15(18)19)8-14(6-10)17-16(20)13-7-11(2)21-9-13/h3-6,8,11,13H,7,9H2,1-2H3,(H,17,20)(H,18,19)/b4-3+. The number of benzene rings is 1. The number of carboxylic acid groups (broad SMARTS) is 1. The highest BCUT2D eigenvalue weighted by Gasteiger charge is 2.28. The summed E-state index contributed by atoms with van der Waals surface area (Å²) in [6.45, 7) is 4.30. The first-order valence-electron chi connectivity index (χ1n) is 6.89. The molecule has 21 heavy (non-hydrogen) atoms. The molecule has 1 aliphatic heterocycles. The fraction of sp³-hybridized carbons (Fsp3) is 0.375. The monoisotopic (exact) mass is 289 g/mol. The van der Waals surface area contributed by atoms with Crippen LogP contribution >= 0.6 is 0 Å². The van der Waals surface area contributed by atoms with Crippen molar-refractivity contribution in [3.8, 4) is 0 Å². The SMILES string of the molecule is Cc1cc(/C=C/C(=O)O)cc(NC(=O)C2COC(C)C2)c1. The third kappa shape index (κ3) is 4.43. The zero-order chi connectivity index (χ0) is 15.4. The number of aliphatic carboxylic acids is 1. The van der Waals surface area contributed by atoms with Gasteiger partial charge in [0.25, 0.3) is 0 Å². The molecule has 0 radical (unpaired) electrons. The Labute approximate surface area is 123 Å². The Morgan fingerprint density at radius 3 is 2.76 bits per heavy atom. The Balaban J connectivity index is 2.09. The highest BCUT2D eigenvalue weighted by molar-refractivity contribution is 5.93. The van der Waals surface area contributed by atoms with E-state index in [1.807, 2.05) is 26.0 Å². The van der Waals surface area contributed by atoms with E-state index in [1.165, 1.54) is 6.08 Å². The molecule has 2 unspecified atom stereocenters. The summed E-state index contributed by atoms with van der Waals surface area (Å²) >= 11 is 0. The molecule has 1 fully saturated rings. The Morgan fingerprint density at radius 1 is 1.38 bits per heavy atom. The van der Waals surface area contributed by atoms with Crippen molar-refractivity contribution in [3.63, 3.8) is 0 Å². The summed E-state index contributed by atoms with van der Waals surface area (Å²) in [5.41, 5.74) is 2.36. The quantitative estimate of drug-likeness (QED) is 0.835. The molecule has 0 saturated carbocycles. The van der Waals surface area contributed by atoms with Crippen molar-refractivity contribution in [2.24, 2.45) is 5.92 Å². The molecule has 1 aromatic carbocycles. The van der Waals surface area contributed by atoms with Gasteiger partial charge in [-0.3, -0.25) is 4.79 Å². The molecule has 112 valence electrons. The lowest BCUT2D eigenvalue weighted by Gasteiger charge is -2.11. The van der Waals surface area contributed by atoms with E-state index in [2.05, 4.69) is 5.32 Å². The van der Waals surface area contributed by atoms with Crippen LogP contribution in [0, 0.1) is 12.8 Å². The van der Waals surface area contributed by atoms with Gasteiger partial charge in [0.05, 0.1) is 18.6 Å². The molecule has 1 aromatic rings. The van der Waals surface area contributed by atoms with Crippen LogP contribution in [0.25, 0.3) is 6.08 Å². The summed E-state index contributed by atoms with van der Waals surface area (Å²) in [7, 11) is 0. The van der Waals surface area contributed by atoms with Crippen LogP contribution in [0.15, 0.2) is 24.3 Å². The number of anilines is 1. The number of aryl methyl sites for hydroxylation is 1. The molecular formula is C16H19NO4. The molecule has 1 saturated heterocycles. The number of carboxylic acids is 1. The van der Waals surface area contributed by atoms with Crippen molar-refractivity contribution in [3.05, 3.63) is 35.4 Å². The maximum absolute atomic E-state index is 12.1. The molecule has 5 nitrogen and oxygen atoms in total. The van der Waals surface area contributed by atoms with Gasteiger partial charge in [-0.25, -0.2) is 4.79 Å². The average molecular weight is 289 g/mol. The molecule has 2 rings (SSSR count). The Morgan fingerprint density at radius 2 is 2.14 bits per heavy atom. The summed E-state index contributed by atoms with van der Waals surface area (Å²) in [4.78, 5) is 22.7. The van der Waals surface area contributed by atoms with Gasteiger partial charge >= 0.3 is 5.97 Å². The van der Waals surface area contributed by atoms with Gasteiger partial charge in [0.15, 0.2) is 0 Å². The zero-order valence-corrected chi connectivity index (χ0v) is 12.1. The summed E-state index contributed by atoms with van der Waals surface area (Å²) in [6.07, 6.45) is 3.43. The maximum Gasteiger partial charge on any atom is 0.328 e. The molecule has 5 heteroatoms. The molecule has 1 heterocycles. The van der Waals surface area contributed by atoms with Gasteiger partial charge in [-0.1, -0.05) is 6.07 Å². The second kappa shape index (κ2) is 6.54. The van der Waals surface area contributed by atoms with Crippen LogP contribution in [0.2, 0.25) is 0 Å². The highest BCUT2D eigenvalue weighted by atomic mass is 16.5. The smallest absolute Gasteiger partial charge is 0.328 e. The Bertz CT molecular complexity index is 580. The van der Waals surface area contributed by atoms with Gasteiger partial charge in [-0.2, -0.15) is 0 Å². The number of amides is 1. The number of rotatable bonds is 4. The number of carbonyl (C=O) groups is 2. The molecule has 0 aliphatic carbocycles. The van der Waals surface area contributed by atoms with Crippen molar-refractivity contribution in [2.45, 2.75) is 26.4 Å². The fourth-order valence-corrected chi connectivity index (χ4v) is 2.39. The van der Waals surface area contributed by atoms with Crippen LogP contribution in [0.5, 0.6) is 0 Å². The van der Waals surface area contributed by atoms with E-state index in [4.69, 9.17) is 9.84 Å². The number of hydrogen-bond donors (Lipinski definition) is 2. The lowest BCUT2D eigenvalue weighted by molar-refractivity contribution is -0.131. The predicted molar refractivity (Wildman–Crippen MR) is 80.0 cm³/mol. The fourth-order valence-electron chi connectivity index (χ4n) is 2.39. The zero-order valence-electron chi connectivity index (χ0n) is 12.1. The first-order chi connectivity index (χ1) is 9.94. The lowest BCUT2D eigenvalue weighted by atomic mass is 10.0. The second-order valence-corrected chi connectivity index (χ2v) is 5.37. The molecule has 0 aromatic heterocycles. The van der Waals surface area contributed by atoms with Crippen LogP contribution < -0.4 is 5.32 Å². The highest BCUT2D eigenvalue weighted by Crippen LogP contribution is 2.22. The van der Waals surface area contributed by atoms with E-state index < -0.39 is 5.97 Å². The van der Waals surface area contributed by atoms with Gasteiger partial charge in [0.2, 0.25) is 5.91 Å². The van der Waals surface area contributed by atoms with Crippen LogP contribution in [-0.4, -0.2) is 29.7 Å². The summed E-state index contributed by atoms with van der Waals surface area (Å²) in [5.74, 6) is -1.18. The van der Waals surface area contributed by atoms with Crippen LogP contribution in [0.3, 0.4) is 0 Å². The van der Waals surface area contributed by atoms with Gasteiger partial charge in [-0.05, 0) is 49.6 Å². The summed E-state index contributed by atoms with van der Waals surface area (Å²) in [6, 6.07) is 5.47. The van der Waals surface area contributed by atoms with E-state index in [0.717, 1.165) is 23.6 Å². The van der Waals surface area contributed by atoms with E-state index in [-0.39, 0.29) is 17.9 Å². The van der Waals surface area contributed by atoms with Gasteiger partial charge < -0.3 is 15.2 Å². The average Bonchev–Trinajstić information content (AvgIpc) is 2.82. The lowest BCUT2D eigenvalue weighted by Crippen LogP contribution is -2.23. The van der Waals surface area contributed by atoms with E-state index in [1.54, 1.807) is 6.07 Å². The molecule has 1 aliphatic rings.